The van der Waals surface area contributed by atoms with E-state index in [0.29, 0.717) is 0 Å². The highest BCUT2D eigenvalue weighted by Crippen LogP contribution is 2.26. The third-order valence-electron chi connectivity index (χ3n) is 2.02. The van der Waals surface area contributed by atoms with Crippen LogP contribution in [0.25, 0.3) is 0 Å². The summed E-state index contributed by atoms with van der Waals surface area (Å²) in [5, 5.41) is 0. The van der Waals surface area contributed by atoms with E-state index >= 15 is 0 Å². The summed E-state index contributed by atoms with van der Waals surface area (Å²) in [5.74, 6) is -4.15. The number of isocyanates is 1. The van der Waals surface area contributed by atoms with Gasteiger partial charge in [0.2, 0.25) is 6.08 Å². The molecule has 0 aliphatic heterocycles. The zero-order valence-corrected chi connectivity index (χ0v) is 8.14. The molecule has 0 unspecified atom stereocenters. The highest BCUT2D eigenvalue weighted by Gasteiger charge is 2.23. The Morgan fingerprint density at radius 3 is 2.07 bits per heavy atom. The van der Waals surface area contributed by atoms with Crippen LogP contribution in [0.3, 0.4) is 0 Å². The normalized spacial score (nSPS) is 11.0. The summed E-state index contributed by atoms with van der Waals surface area (Å²) in [4.78, 5) is 13.5. The summed E-state index contributed by atoms with van der Waals surface area (Å²) in [6.45, 7) is 2.92. The number of rotatable bonds is 2. The average molecular weight is 215 g/mol. The number of hydrogen-bond acceptors (Lipinski definition) is 2. The van der Waals surface area contributed by atoms with Crippen LogP contribution in [0.2, 0.25) is 0 Å². The maximum Gasteiger partial charge on any atom is 0.235 e. The van der Waals surface area contributed by atoms with Gasteiger partial charge in [-0.05, 0) is 31.5 Å². The highest BCUT2D eigenvalue weighted by atomic mass is 19.2. The van der Waals surface area contributed by atoms with Gasteiger partial charge < -0.3 is 0 Å². The molecule has 2 nitrogen and oxygen atoms in total. The molecule has 0 radical (unpaired) electrons. The fourth-order valence-corrected chi connectivity index (χ4v) is 1.09. The lowest BCUT2D eigenvalue weighted by molar-refractivity contribution is 0.436. The predicted octanol–water partition coefficient (Wildman–Crippen LogP) is 2.67. The number of nitrogens with zero attached hydrogens (tertiary/aromatic N) is 1. The summed E-state index contributed by atoms with van der Waals surface area (Å²) in [7, 11) is 0. The molecule has 0 fully saturated rings. The molecule has 0 aromatic heterocycles. The van der Waals surface area contributed by atoms with E-state index in [1.807, 2.05) is 0 Å². The molecule has 0 bridgehead atoms. The molecule has 0 heterocycles. The highest BCUT2D eigenvalue weighted by molar-refractivity contribution is 5.37. The minimum atomic E-state index is -1.54. The molecule has 0 N–H and O–H groups in total. The smallest absolute Gasteiger partial charge is 0.211 e. The van der Waals surface area contributed by atoms with Gasteiger partial charge >= 0.3 is 0 Å². The van der Waals surface area contributed by atoms with Crippen molar-refractivity contribution in [3.05, 3.63) is 35.1 Å². The van der Waals surface area contributed by atoms with Gasteiger partial charge in [-0.3, -0.25) is 0 Å². The Hall–Kier alpha value is -1.61. The van der Waals surface area contributed by atoms with Crippen molar-refractivity contribution in [1.29, 1.82) is 0 Å². The number of aliphatic imine (C=N–C) groups is 1. The molecule has 0 spiro atoms. The Balaban J connectivity index is 3.34. The van der Waals surface area contributed by atoms with E-state index in [1.165, 1.54) is 19.9 Å². The Morgan fingerprint density at radius 2 is 1.67 bits per heavy atom. The van der Waals surface area contributed by atoms with Crippen LogP contribution in [0, 0.1) is 17.5 Å². The number of halogens is 3. The van der Waals surface area contributed by atoms with Crippen LogP contribution in [0.1, 0.15) is 19.4 Å². The standard InChI is InChI=1S/C10H8F3NO/c1-10(2,14-5-15)6-3-7(11)9(13)8(12)4-6/h3-4H,1-2H3. The summed E-state index contributed by atoms with van der Waals surface area (Å²) >= 11 is 0. The van der Waals surface area contributed by atoms with Gasteiger partial charge in [0.1, 0.15) is 0 Å². The van der Waals surface area contributed by atoms with E-state index in [-0.39, 0.29) is 5.56 Å². The number of benzene rings is 1. The zero-order chi connectivity index (χ0) is 11.6. The van der Waals surface area contributed by atoms with E-state index < -0.39 is 23.0 Å². The Morgan fingerprint density at radius 1 is 1.20 bits per heavy atom. The number of hydrogen-bond donors (Lipinski definition) is 0. The molecule has 1 aromatic carbocycles. The van der Waals surface area contributed by atoms with Crippen molar-refractivity contribution in [2.24, 2.45) is 4.99 Å². The van der Waals surface area contributed by atoms with Crippen LogP contribution >= 0.6 is 0 Å². The molecule has 0 saturated carbocycles. The van der Waals surface area contributed by atoms with Gasteiger partial charge in [0.05, 0.1) is 5.54 Å². The zero-order valence-electron chi connectivity index (χ0n) is 8.14. The molecule has 0 aliphatic rings. The van der Waals surface area contributed by atoms with E-state index in [4.69, 9.17) is 0 Å². The first-order valence-electron chi connectivity index (χ1n) is 4.12. The largest absolute Gasteiger partial charge is 0.235 e. The summed E-state index contributed by atoms with van der Waals surface area (Å²) < 4.78 is 38.3. The first kappa shape index (κ1) is 11.5. The second-order valence-electron chi connectivity index (χ2n) is 3.52. The van der Waals surface area contributed by atoms with Crippen molar-refractivity contribution in [3.8, 4) is 0 Å². The SMILES string of the molecule is CC(C)(N=C=O)c1cc(F)c(F)c(F)c1. The molecular formula is C10H8F3NO. The van der Waals surface area contributed by atoms with Gasteiger partial charge in [-0.15, -0.1) is 0 Å². The second kappa shape index (κ2) is 3.87. The van der Waals surface area contributed by atoms with Crippen molar-refractivity contribution >= 4 is 6.08 Å². The third kappa shape index (κ3) is 2.25. The van der Waals surface area contributed by atoms with Crippen molar-refractivity contribution < 1.29 is 18.0 Å². The van der Waals surface area contributed by atoms with Crippen LogP contribution in [-0.2, 0) is 10.3 Å². The van der Waals surface area contributed by atoms with Crippen molar-refractivity contribution in [2.75, 3.05) is 0 Å². The summed E-state index contributed by atoms with van der Waals surface area (Å²) in [6, 6.07) is 1.61. The minimum absolute atomic E-state index is 0.0715. The van der Waals surface area contributed by atoms with Gasteiger partial charge in [-0.25, -0.2) is 18.0 Å². The molecular weight excluding hydrogens is 207 g/mol. The molecule has 0 aliphatic carbocycles. The van der Waals surface area contributed by atoms with Crippen LogP contribution in [0.15, 0.2) is 17.1 Å². The summed E-state index contributed by atoms with van der Waals surface area (Å²) in [6.07, 6.45) is 1.30. The molecule has 0 amide bonds. The van der Waals surface area contributed by atoms with Gasteiger partial charge in [0, 0.05) is 0 Å². The number of carbonyl (C=O) groups excluding carboxylic acids is 1. The van der Waals surface area contributed by atoms with Crippen LogP contribution in [0.4, 0.5) is 13.2 Å². The van der Waals surface area contributed by atoms with E-state index in [9.17, 15) is 18.0 Å². The Labute approximate surface area is 84.4 Å². The van der Waals surface area contributed by atoms with Crippen molar-refractivity contribution in [3.63, 3.8) is 0 Å². The maximum atomic E-state index is 12.9. The van der Waals surface area contributed by atoms with Gasteiger partial charge in [0.25, 0.3) is 0 Å². The van der Waals surface area contributed by atoms with E-state index in [2.05, 4.69) is 4.99 Å². The molecule has 80 valence electrons. The monoisotopic (exact) mass is 215 g/mol. The Kier molecular flexibility index (Phi) is 2.95. The molecule has 0 saturated heterocycles. The first-order valence-corrected chi connectivity index (χ1v) is 4.12. The lowest BCUT2D eigenvalue weighted by atomic mass is 9.95. The van der Waals surface area contributed by atoms with Gasteiger partial charge in [-0.2, -0.15) is 4.99 Å². The summed E-state index contributed by atoms with van der Waals surface area (Å²) in [5.41, 5.74) is -1.06. The fraction of sp³-hybridized carbons (Fsp3) is 0.300. The topological polar surface area (TPSA) is 29.4 Å². The molecule has 5 heteroatoms. The van der Waals surface area contributed by atoms with Gasteiger partial charge in [-0.1, -0.05) is 0 Å². The van der Waals surface area contributed by atoms with Crippen molar-refractivity contribution in [2.45, 2.75) is 19.4 Å². The molecule has 1 rings (SSSR count). The quantitative estimate of drug-likeness (QED) is 0.423. The van der Waals surface area contributed by atoms with Crippen LogP contribution < -0.4 is 0 Å². The molecule has 0 atom stereocenters. The van der Waals surface area contributed by atoms with Crippen LogP contribution in [-0.4, -0.2) is 6.08 Å². The van der Waals surface area contributed by atoms with Crippen LogP contribution in [0.5, 0.6) is 0 Å². The van der Waals surface area contributed by atoms with E-state index in [1.54, 1.807) is 0 Å². The molecule has 15 heavy (non-hydrogen) atoms. The van der Waals surface area contributed by atoms with E-state index in [0.717, 1.165) is 12.1 Å². The predicted molar refractivity (Wildman–Crippen MR) is 47.5 cm³/mol. The minimum Gasteiger partial charge on any atom is -0.211 e. The van der Waals surface area contributed by atoms with Crippen molar-refractivity contribution in [1.82, 2.24) is 0 Å². The lowest BCUT2D eigenvalue weighted by Gasteiger charge is -2.18. The molecule has 1 aromatic rings. The van der Waals surface area contributed by atoms with Gasteiger partial charge in [0.15, 0.2) is 17.5 Å². The third-order valence-corrected chi connectivity index (χ3v) is 2.02. The first-order chi connectivity index (χ1) is 6.88. The average Bonchev–Trinajstić information content (AvgIpc) is 2.13. The Bertz CT molecular complexity index is 413. The maximum absolute atomic E-state index is 12.9. The lowest BCUT2D eigenvalue weighted by Crippen LogP contribution is -2.14. The second-order valence-corrected chi connectivity index (χ2v) is 3.52. The fourth-order valence-electron chi connectivity index (χ4n) is 1.09.